The highest BCUT2D eigenvalue weighted by Gasteiger charge is 2.46. The van der Waals surface area contributed by atoms with E-state index < -0.39 is 29.9 Å². The van der Waals surface area contributed by atoms with Crippen LogP contribution in [0.5, 0.6) is 0 Å². The Labute approximate surface area is 141 Å². The number of carbonyl (C=O) groups is 2. The van der Waals surface area contributed by atoms with E-state index in [1.807, 2.05) is 17.4 Å². The molecule has 4 N–H and O–H groups in total. The van der Waals surface area contributed by atoms with E-state index in [9.17, 15) is 23.5 Å². The van der Waals surface area contributed by atoms with Crippen molar-refractivity contribution in [2.24, 2.45) is 0 Å². The van der Waals surface area contributed by atoms with Gasteiger partial charge in [0.2, 0.25) is 0 Å². The van der Waals surface area contributed by atoms with Crippen molar-refractivity contribution in [2.45, 2.75) is 25.0 Å². The van der Waals surface area contributed by atoms with Gasteiger partial charge in [0.15, 0.2) is 5.60 Å². The number of hydrogen-bond acceptors (Lipinski definition) is 4. The number of benzene rings is 1. The SMILES string of the molecule is CC(O)(C(F)F)[C@H](NC(=O)c1ccc(-n2cccc2)cc1)C(=O)NO. The molecule has 9 heteroatoms. The van der Waals surface area contributed by atoms with Crippen LogP contribution in [0.4, 0.5) is 8.78 Å². The van der Waals surface area contributed by atoms with Crippen LogP contribution >= 0.6 is 0 Å². The number of hydrogen-bond donors (Lipinski definition) is 4. The zero-order valence-electron chi connectivity index (χ0n) is 13.2. The van der Waals surface area contributed by atoms with E-state index in [1.165, 1.54) is 12.1 Å². The van der Waals surface area contributed by atoms with Crippen LogP contribution in [0.1, 0.15) is 17.3 Å². The van der Waals surface area contributed by atoms with E-state index in [1.54, 1.807) is 29.1 Å². The Kier molecular flexibility index (Phi) is 5.50. The Balaban J connectivity index is 2.19. The van der Waals surface area contributed by atoms with Gasteiger partial charge in [-0.2, -0.15) is 0 Å². The van der Waals surface area contributed by atoms with Gasteiger partial charge in [0.25, 0.3) is 18.2 Å². The fourth-order valence-corrected chi connectivity index (χ4v) is 2.17. The Hall–Kier alpha value is -2.78. The molecule has 2 amide bonds. The maximum atomic E-state index is 13.0. The van der Waals surface area contributed by atoms with Crippen molar-refractivity contribution in [3.05, 3.63) is 54.4 Å². The molecule has 0 spiro atoms. The topological polar surface area (TPSA) is 104 Å². The Morgan fingerprint density at radius 1 is 1.16 bits per heavy atom. The van der Waals surface area contributed by atoms with E-state index in [-0.39, 0.29) is 5.56 Å². The summed E-state index contributed by atoms with van der Waals surface area (Å²) < 4.78 is 27.7. The molecular weight excluding hydrogens is 336 g/mol. The summed E-state index contributed by atoms with van der Waals surface area (Å²) >= 11 is 0. The molecule has 1 unspecified atom stereocenters. The van der Waals surface area contributed by atoms with Crippen LogP contribution < -0.4 is 10.8 Å². The fourth-order valence-electron chi connectivity index (χ4n) is 2.17. The highest BCUT2D eigenvalue weighted by atomic mass is 19.3. The standard InChI is InChI=1S/C16H17F2N3O4/c1-16(24,15(17)18)12(14(23)20-25)19-13(22)10-4-6-11(7-5-10)21-8-2-3-9-21/h2-9,12,15,24-25H,1H3,(H,19,22)(H,20,23)/t12-,16?/m1/s1. The lowest BCUT2D eigenvalue weighted by Gasteiger charge is -2.30. The average Bonchev–Trinajstić information content (AvgIpc) is 3.13. The Morgan fingerprint density at radius 3 is 2.20 bits per heavy atom. The Bertz CT molecular complexity index is 730. The number of aromatic nitrogens is 1. The van der Waals surface area contributed by atoms with Gasteiger partial charge in [-0.05, 0) is 43.3 Å². The third kappa shape index (κ3) is 4.01. The zero-order valence-corrected chi connectivity index (χ0v) is 13.2. The van der Waals surface area contributed by atoms with Crippen molar-refractivity contribution in [1.82, 2.24) is 15.4 Å². The first-order valence-electron chi connectivity index (χ1n) is 7.26. The summed E-state index contributed by atoms with van der Waals surface area (Å²) in [6.07, 6.45) is 0.277. The van der Waals surface area contributed by atoms with Gasteiger partial charge in [-0.3, -0.25) is 14.8 Å². The maximum absolute atomic E-state index is 13.0. The van der Waals surface area contributed by atoms with Crippen LogP contribution in [0.2, 0.25) is 0 Å². The molecule has 2 atom stereocenters. The summed E-state index contributed by atoms with van der Waals surface area (Å²) in [5, 5.41) is 20.5. The normalized spacial score (nSPS) is 14.6. The summed E-state index contributed by atoms with van der Waals surface area (Å²) in [6.45, 7) is 0.687. The van der Waals surface area contributed by atoms with Crippen LogP contribution in [-0.2, 0) is 4.79 Å². The van der Waals surface area contributed by atoms with Gasteiger partial charge < -0.3 is 15.0 Å². The number of halogens is 2. The van der Waals surface area contributed by atoms with Crippen LogP contribution in [0.3, 0.4) is 0 Å². The van der Waals surface area contributed by atoms with E-state index in [0.717, 1.165) is 11.2 Å². The predicted octanol–water partition coefficient (Wildman–Crippen LogP) is 1.10. The third-order valence-corrected chi connectivity index (χ3v) is 3.71. The van der Waals surface area contributed by atoms with E-state index in [2.05, 4.69) is 0 Å². The lowest BCUT2D eigenvalue weighted by atomic mass is 9.95. The summed E-state index contributed by atoms with van der Waals surface area (Å²) in [5.74, 6) is -2.21. The van der Waals surface area contributed by atoms with Crippen molar-refractivity contribution < 1.29 is 28.7 Å². The van der Waals surface area contributed by atoms with Gasteiger partial charge in [-0.1, -0.05) is 0 Å². The molecule has 7 nitrogen and oxygen atoms in total. The number of rotatable bonds is 6. The van der Waals surface area contributed by atoms with Gasteiger partial charge in [0.05, 0.1) is 0 Å². The maximum Gasteiger partial charge on any atom is 0.269 e. The lowest BCUT2D eigenvalue weighted by molar-refractivity contribution is -0.149. The second-order valence-electron chi connectivity index (χ2n) is 5.55. The monoisotopic (exact) mass is 353 g/mol. The van der Waals surface area contributed by atoms with Crippen LogP contribution in [0.15, 0.2) is 48.8 Å². The molecule has 25 heavy (non-hydrogen) atoms. The summed E-state index contributed by atoms with van der Waals surface area (Å²) in [7, 11) is 0. The largest absolute Gasteiger partial charge is 0.381 e. The quantitative estimate of drug-likeness (QED) is 0.461. The fraction of sp³-hybridized carbons (Fsp3) is 0.250. The first kappa shape index (κ1) is 18.6. The number of hydroxylamine groups is 1. The minimum absolute atomic E-state index is 0.0942. The first-order chi connectivity index (χ1) is 11.8. The van der Waals surface area contributed by atoms with Crippen molar-refractivity contribution in [2.75, 3.05) is 0 Å². The predicted molar refractivity (Wildman–Crippen MR) is 83.6 cm³/mol. The second kappa shape index (κ2) is 7.41. The summed E-state index contributed by atoms with van der Waals surface area (Å²) in [4.78, 5) is 23.8. The van der Waals surface area contributed by atoms with Gasteiger partial charge in [-0.15, -0.1) is 0 Å². The number of amides is 2. The molecule has 1 aromatic carbocycles. The van der Waals surface area contributed by atoms with Crippen LogP contribution in [0.25, 0.3) is 5.69 Å². The Morgan fingerprint density at radius 2 is 1.72 bits per heavy atom. The molecule has 2 rings (SSSR count). The van der Waals surface area contributed by atoms with Crippen molar-refractivity contribution in [1.29, 1.82) is 0 Å². The molecule has 2 aromatic rings. The van der Waals surface area contributed by atoms with Gasteiger partial charge in [0.1, 0.15) is 6.04 Å². The van der Waals surface area contributed by atoms with Crippen LogP contribution in [0, 0.1) is 0 Å². The minimum atomic E-state index is -3.33. The van der Waals surface area contributed by atoms with E-state index >= 15 is 0 Å². The zero-order chi connectivity index (χ0) is 18.6. The molecule has 0 saturated heterocycles. The summed E-state index contributed by atoms with van der Waals surface area (Å²) in [6, 6.07) is 7.73. The molecule has 0 aliphatic carbocycles. The first-order valence-corrected chi connectivity index (χ1v) is 7.26. The molecule has 0 saturated carbocycles. The van der Waals surface area contributed by atoms with Crippen molar-refractivity contribution in [3.8, 4) is 5.69 Å². The molecule has 0 radical (unpaired) electrons. The molecule has 1 heterocycles. The molecule has 134 valence electrons. The molecule has 0 aliphatic rings. The number of nitrogens with one attached hydrogen (secondary N) is 2. The van der Waals surface area contributed by atoms with Crippen LogP contribution in [-0.4, -0.2) is 44.8 Å². The highest BCUT2D eigenvalue weighted by molar-refractivity contribution is 5.98. The molecular formula is C16H17F2N3O4. The molecule has 0 fully saturated rings. The van der Waals surface area contributed by atoms with E-state index in [0.29, 0.717) is 6.92 Å². The second-order valence-corrected chi connectivity index (χ2v) is 5.55. The number of aliphatic hydroxyl groups is 1. The number of nitrogens with zero attached hydrogens (tertiary/aromatic N) is 1. The van der Waals surface area contributed by atoms with Crippen molar-refractivity contribution >= 4 is 11.8 Å². The molecule has 0 bridgehead atoms. The highest BCUT2D eigenvalue weighted by Crippen LogP contribution is 2.20. The van der Waals surface area contributed by atoms with Gasteiger partial charge in [-0.25, -0.2) is 14.3 Å². The molecule has 0 aliphatic heterocycles. The number of alkyl halides is 2. The van der Waals surface area contributed by atoms with Gasteiger partial charge >= 0.3 is 0 Å². The third-order valence-electron chi connectivity index (χ3n) is 3.71. The lowest BCUT2D eigenvalue weighted by Crippen LogP contribution is -2.61. The minimum Gasteiger partial charge on any atom is -0.381 e. The van der Waals surface area contributed by atoms with Crippen molar-refractivity contribution in [3.63, 3.8) is 0 Å². The summed E-state index contributed by atoms with van der Waals surface area (Å²) in [5.41, 5.74) is -0.844. The van der Waals surface area contributed by atoms with E-state index in [4.69, 9.17) is 5.21 Å². The van der Waals surface area contributed by atoms with Gasteiger partial charge in [0, 0.05) is 23.6 Å². The smallest absolute Gasteiger partial charge is 0.269 e. The number of carbonyl (C=O) groups excluding carboxylic acids is 2. The average molecular weight is 353 g/mol. The molecule has 1 aromatic heterocycles.